The number of carbonyl (C=O) groups excluding carboxylic acids is 1. The van der Waals surface area contributed by atoms with E-state index in [0.717, 1.165) is 31.9 Å². The van der Waals surface area contributed by atoms with Crippen molar-refractivity contribution in [2.45, 2.75) is 63.9 Å². The maximum Gasteiger partial charge on any atom is 0.410 e. The van der Waals surface area contributed by atoms with Gasteiger partial charge in [0.05, 0.1) is 0 Å². The summed E-state index contributed by atoms with van der Waals surface area (Å²) in [5.74, 6) is 0.785. The highest BCUT2D eigenvalue weighted by atomic mass is 32.2. The fourth-order valence-electron chi connectivity index (χ4n) is 2.34. The molecule has 1 heterocycles. The molecule has 6 nitrogen and oxygen atoms in total. The Morgan fingerprint density at radius 2 is 2.00 bits per heavy atom. The Kier molecular flexibility index (Phi) is 7.70. The lowest BCUT2D eigenvalue weighted by Crippen LogP contribution is -2.54. The third-order valence-electron chi connectivity index (χ3n) is 3.87. The smallest absolute Gasteiger partial charge is 0.410 e. The molecule has 0 spiro atoms. The van der Waals surface area contributed by atoms with E-state index >= 15 is 0 Å². The molecule has 1 atom stereocenters. The van der Waals surface area contributed by atoms with Gasteiger partial charge < -0.3 is 20.3 Å². The second-order valence-electron chi connectivity index (χ2n) is 7.80. The average Bonchev–Trinajstić information content (AvgIpc) is 2.50. The molecule has 2 N–H and O–H groups in total. The van der Waals surface area contributed by atoms with Gasteiger partial charge in [-0.05, 0) is 53.7 Å². The number of ether oxygens (including phenoxy) is 1. The second-order valence-corrected chi connectivity index (χ2v) is 9.31. The quantitative estimate of drug-likeness (QED) is 0.597. The van der Waals surface area contributed by atoms with Crippen LogP contribution in [0.4, 0.5) is 4.79 Å². The third-order valence-corrected chi connectivity index (χ3v) is 5.12. The van der Waals surface area contributed by atoms with Crippen LogP contribution in [0.15, 0.2) is 4.99 Å². The zero-order valence-corrected chi connectivity index (χ0v) is 17.0. The fourth-order valence-corrected chi connectivity index (χ4v) is 2.56. The summed E-state index contributed by atoms with van der Waals surface area (Å²) in [6.07, 6.45) is 3.86. The lowest BCUT2D eigenvalue weighted by molar-refractivity contribution is 0.0193. The Labute approximate surface area is 151 Å². The van der Waals surface area contributed by atoms with E-state index in [9.17, 15) is 4.79 Å². The molecule has 1 aliphatic rings. The maximum atomic E-state index is 12.2. The van der Waals surface area contributed by atoms with Crippen LogP contribution >= 0.6 is 11.8 Å². The molecule has 24 heavy (non-hydrogen) atoms. The molecule has 1 amide bonds. The molecule has 0 bridgehead atoms. The minimum absolute atomic E-state index is 0.146. The van der Waals surface area contributed by atoms with Crippen molar-refractivity contribution in [2.24, 2.45) is 4.99 Å². The molecular weight excluding hydrogens is 324 g/mol. The van der Waals surface area contributed by atoms with Gasteiger partial charge in [-0.1, -0.05) is 0 Å². The molecule has 0 radical (unpaired) electrons. The molecule has 1 rings (SSSR count). The largest absolute Gasteiger partial charge is 0.444 e. The standard InChI is InChI=1S/C17H34N4O2S/c1-16(2,3)23-15(22)21-10-8-9-13(11-21)20-14(18-6)19-12-17(4,5)24-7/h13H,8-12H2,1-7H3,(H2,18,19,20). The van der Waals surface area contributed by atoms with Gasteiger partial charge in [0.1, 0.15) is 5.60 Å². The molecule has 7 heteroatoms. The predicted molar refractivity (Wildman–Crippen MR) is 103 cm³/mol. The number of aliphatic imine (C=N–C) groups is 1. The van der Waals surface area contributed by atoms with E-state index in [1.54, 1.807) is 11.9 Å². The molecule has 1 fully saturated rings. The van der Waals surface area contributed by atoms with Gasteiger partial charge in [-0.25, -0.2) is 4.79 Å². The summed E-state index contributed by atoms with van der Waals surface area (Å²) in [7, 11) is 1.77. The van der Waals surface area contributed by atoms with Gasteiger partial charge in [-0.15, -0.1) is 0 Å². The number of thioether (sulfide) groups is 1. The van der Waals surface area contributed by atoms with Gasteiger partial charge in [-0.2, -0.15) is 11.8 Å². The summed E-state index contributed by atoms with van der Waals surface area (Å²) in [5.41, 5.74) is -0.460. The van der Waals surface area contributed by atoms with E-state index in [2.05, 4.69) is 35.7 Å². The number of guanidine groups is 1. The van der Waals surface area contributed by atoms with Gasteiger partial charge in [0.15, 0.2) is 5.96 Å². The normalized spacial score (nSPS) is 19.9. The number of piperidine rings is 1. The van der Waals surface area contributed by atoms with Gasteiger partial charge in [0.2, 0.25) is 0 Å². The first-order valence-corrected chi connectivity index (χ1v) is 9.79. The molecule has 0 aliphatic carbocycles. The fraction of sp³-hybridized carbons (Fsp3) is 0.882. The predicted octanol–water partition coefficient (Wildman–Crippen LogP) is 2.69. The van der Waals surface area contributed by atoms with Crippen molar-refractivity contribution >= 4 is 23.8 Å². The summed E-state index contributed by atoms with van der Waals surface area (Å²) in [6, 6.07) is 0.190. The Balaban J connectivity index is 2.53. The highest BCUT2D eigenvalue weighted by Gasteiger charge is 2.28. The van der Waals surface area contributed by atoms with Crippen molar-refractivity contribution < 1.29 is 9.53 Å². The van der Waals surface area contributed by atoms with Crippen molar-refractivity contribution in [2.75, 3.05) is 32.9 Å². The number of hydrogen-bond acceptors (Lipinski definition) is 4. The Morgan fingerprint density at radius 3 is 2.54 bits per heavy atom. The van der Waals surface area contributed by atoms with E-state index in [1.807, 2.05) is 32.5 Å². The zero-order valence-electron chi connectivity index (χ0n) is 16.2. The number of amides is 1. The highest BCUT2D eigenvalue weighted by molar-refractivity contribution is 7.99. The number of hydrogen-bond donors (Lipinski definition) is 2. The minimum Gasteiger partial charge on any atom is -0.444 e. The van der Waals surface area contributed by atoms with Crippen LogP contribution in [-0.4, -0.2) is 66.3 Å². The second kappa shape index (κ2) is 8.83. The molecule has 0 saturated carbocycles. The van der Waals surface area contributed by atoms with E-state index in [0.29, 0.717) is 6.54 Å². The van der Waals surface area contributed by atoms with E-state index in [1.165, 1.54) is 0 Å². The first-order chi connectivity index (χ1) is 11.1. The van der Waals surface area contributed by atoms with Gasteiger partial charge in [0.25, 0.3) is 0 Å². The van der Waals surface area contributed by atoms with Crippen molar-refractivity contribution in [1.82, 2.24) is 15.5 Å². The Bertz CT molecular complexity index is 446. The first kappa shape index (κ1) is 20.9. The molecule has 0 aromatic heterocycles. The van der Waals surface area contributed by atoms with Crippen molar-refractivity contribution in [3.8, 4) is 0 Å². The average molecular weight is 359 g/mol. The highest BCUT2D eigenvalue weighted by Crippen LogP contribution is 2.19. The van der Waals surface area contributed by atoms with Gasteiger partial charge in [-0.3, -0.25) is 4.99 Å². The summed E-state index contributed by atoms with van der Waals surface area (Å²) in [6.45, 7) is 12.3. The van der Waals surface area contributed by atoms with Crippen LogP contribution in [0.2, 0.25) is 0 Å². The number of likely N-dealkylation sites (tertiary alicyclic amines) is 1. The van der Waals surface area contributed by atoms with Crippen LogP contribution in [-0.2, 0) is 4.74 Å². The molecule has 0 aromatic carbocycles. The zero-order chi connectivity index (χ0) is 18.4. The SMILES string of the molecule is CN=C(NCC(C)(C)SC)NC1CCCN(C(=O)OC(C)(C)C)C1. The van der Waals surface area contributed by atoms with Crippen LogP contribution in [0, 0.1) is 0 Å². The van der Waals surface area contributed by atoms with Crippen LogP contribution in [0.3, 0.4) is 0 Å². The monoisotopic (exact) mass is 358 g/mol. The Hall–Kier alpha value is -1.11. The van der Waals surface area contributed by atoms with E-state index in [-0.39, 0.29) is 16.9 Å². The summed E-state index contributed by atoms with van der Waals surface area (Å²) >= 11 is 1.82. The lowest BCUT2D eigenvalue weighted by Gasteiger charge is -2.35. The Morgan fingerprint density at radius 1 is 1.33 bits per heavy atom. The number of nitrogens with one attached hydrogen (secondary N) is 2. The van der Waals surface area contributed by atoms with Gasteiger partial charge in [0, 0.05) is 37.5 Å². The summed E-state index contributed by atoms with van der Waals surface area (Å²) in [4.78, 5) is 18.3. The topological polar surface area (TPSA) is 66.0 Å². The number of rotatable bonds is 4. The van der Waals surface area contributed by atoms with Gasteiger partial charge >= 0.3 is 6.09 Å². The minimum atomic E-state index is -0.460. The van der Waals surface area contributed by atoms with E-state index < -0.39 is 5.60 Å². The molecular formula is C17H34N4O2S. The van der Waals surface area contributed by atoms with Crippen LogP contribution in [0.1, 0.15) is 47.5 Å². The lowest BCUT2D eigenvalue weighted by atomic mass is 10.1. The van der Waals surface area contributed by atoms with E-state index in [4.69, 9.17) is 4.74 Å². The summed E-state index contributed by atoms with van der Waals surface area (Å²) in [5, 5.41) is 6.80. The molecule has 1 unspecified atom stereocenters. The van der Waals surface area contributed by atoms with Crippen LogP contribution in [0.5, 0.6) is 0 Å². The molecule has 0 aromatic rings. The van der Waals surface area contributed by atoms with Crippen molar-refractivity contribution in [1.29, 1.82) is 0 Å². The summed E-state index contributed by atoms with van der Waals surface area (Å²) < 4.78 is 5.62. The molecule has 1 saturated heterocycles. The number of nitrogens with zero attached hydrogens (tertiary/aromatic N) is 2. The van der Waals surface area contributed by atoms with Crippen molar-refractivity contribution in [3.63, 3.8) is 0 Å². The van der Waals surface area contributed by atoms with Crippen LogP contribution in [0.25, 0.3) is 0 Å². The maximum absolute atomic E-state index is 12.2. The van der Waals surface area contributed by atoms with Crippen LogP contribution < -0.4 is 10.6 Å². The first-order valence-electron chi connectivity index (χ1n) is 8.56. The third kappa shape index (κ3) is 7.64. The van der Waals surface area contributed by atoms with Crippen molar-refractivity contribution in [3.05, 3.63) is 0 Å². The molecule has 1 aliphatic heterocycles. The molecule has 140 valence electrons. The number of carbonyl (C=O) groups is 1.